The van der Waals surface area contributed by atoms with Crippen molar-refractivity contribution in [2.45, 2.75) is 29.2 Å². The van der Waals surface area contributed by atoms with Gasteiger partial charge < -0.3 is 4.90 Å². The number of primary sulfonamides is 1. The number of hydrogen-bond acceptors (Lipinski definition) is 4. The Morgan fingerprint density at radius 2 is 2.08 bits per heavy atom. The molecule has 1 unspecified atom stereocenters. The molecule has 0 spiro atoms. The highest BCUT2D eigenvalue weighted by molar-refractivity contribution is 8.00. The fraction of sp³-hybridized carbons (Fsp3) is 0.235. The Morgan fingerprint density at radius 3 is 2.76 bits per heavy atom. The van der Waals surface area contributed by atoms with Gasteiger partial charge in [0.25, 0.3) is 0 Å². The first-order chi connectivity index (χ1) is 11.8. The van der Waals surface area contributed by atoms with Crippen LogP contribution in [0.4, 0.5) is 5.69 Å². The van der Waals surface area contributed by atoms with E-state index in [-0.39, 0.29) is 22.6 Å². The van der Waals surface area contributed by atoms with E-state index >= 15 is 0 Å². The maximum absolute atomic E-state index is 12.7. The van der Waals surface area contributed by atoms with Crippen LogP contribution in [0.5, 0.6) is 0 Å². The molecule has 0 aromatic heterocycles. The van der Waals surface area contributed by atoms with Crippen LogP contribution in [0.1, 0.15) is 12.5 Å². The monoisotopic (exact) mass is 396 g/mol. The van der Waals surface area contributed by atoms with Crippen molar-refractivity contribution in [3.8, 4) is 0 Å². The predicted molar refractivity (Wildman–Crippen MR) is 101 cm³/mol. The number of thioether (sulfide) groups is 1. The molecule has 2 aromatic carbocycles. The number of rotatable bonds is 4. The van der Waals surface area contributed by atoms with Crippen molar-refractivity contribution in [3.63, 3.8) is 0 Å². The van der Waals surface area contributed by atoms with Crippen molar-refractivity contribution < 1.29 is 13.2 Å². The minimum absolute atomic E-state index is 0.0282. The summed E-state index contributed by atoms with van der Waals surface area (Å²) in [7, 11) is -3.75. The summed E-state index contributed by atoms with van der Waals surface area (Å²) in [6.07, 6.45) is 0.603. The Labute approximate surface area is 156 Å². The highest BCUT2D eigenvalue weighted by atomic mass is 35.5. The first-order valence-corrected chi connectivity index (χ1v) is 10.5. The molecule has 0 saturated heterocycles. The third-order valence-corrected chi connectivity index (χ3v) is 6.15. The second-order valence-corrected chi connectivity index (χ2v) is 8.95. The predicted octanol–water partition coefficient (Wildman–Crippen LogP) is 3.06. The van der Waals surface area contributed by atoms with Gasteiger partial charge in [-0.25, -0.2) is 13.6 Å². The number of sulfonamides is 1. The van der Waals surface area contributed by atoms with E-state index in [4.69, 9.17) is 16.7 Å². The summed E-state index contributed by atoms with van der Waals surface area (Å²) in [6.45, 7) is 1.94. The van der Waals surface area contributed by atoms with Gasteiger partial charge in [0, 0.05) is 21.6 Å². The van der Waals surface area contributed by atoms with Crippen molar-refractivity contribution >= 4 is 45.0 Å². The van der Waals surface area contributed by atoms with Gasteiger partial charge in [-0.15, -0.1) is 11.8 Å². The van der Waals surface area contributed by atoms with E-state index < -0.39 is 10.0 Å². The van der Waals surface area contributed by atoms with Gasteiger partial charge in [0.05, 0.1) is 10.6 Å². The number of fused-ring (bicyclic) bond motifs is 1. The molecule has 1 amide bonds. The highest BCUT2D eigenvalue weighted by Gasteiger charge is 2.31. The Balaban J connectivity index is 1.78. The first-order valence-electron chi connectivity index (χ1n) is 7.62. The fourth-order valence-corrected chi connectivity index (χ4v) is 4.57. The number of anilines is 1. The summed E-state index contributed by atoms with van der Waals surface area (Å²) in [6, 6.07) is 12.0. The Kier molecular flexibility index (Phi) is 5.11. The third-order valence-electron chi connectivity index (χ3n) is 4.02. The molecule has 1 heterocycles. The molecule has 1 atom stereocenters. The zero-order valence-corrected chi connectivity index (χ0v) is 15.9. The molecule has 3 rings (SSSR count). The Hall–Kier alpha value is -1.54. The number of nitrogens with two attached hydrogens (primary N) is 1. The van der Waals surface area contributed by atoms with Gasteiger partial charge in [-0.3, -0.25) is 4.79 Å². The zero-order valence-electron chi connectivity index (χ0n) is 13.5. The molecule has 2 aromatic rings. The van der Waals surface area contributed by atoms with Crippen molar-refractivity contribution in [1.29, 1.82) is 0 Å². The molecular formula is C17H17ClN2O3S2. The largest absolute Gasteiger partial charge is 0.308 e. The molecule has 0 fully saturated rings. The van der Waals surface area contributed by atoms with E-state index in [1.165, 1.54) is 17.8 Å². The van der Waals surface area contributed by atoms with Crippen LogP contribution in [-0.4, -0.2) is 26.1 Å². The Morgan fingerprint density at radius 1 is 1.32 bits per heavy atom. The summed E-state index contributed by atoms with van der Waals surface area (Å²) < 4.78 is 23.0. The molecule has 0 aliphatic carbocycles. The van der Waals surface area contributed by atoms with E-state index in [1.807, 2.05) is 25.1 Å². The lowest BCUT2D eigenvalue weighted by Crippen LogP contribution is -2.36. The van der Waals surface area contributed by atoms with Crippen molar-refractivity contribution in [2.24, 2.45) is 5.14 Å². The quantitative estimate of drug-likeness (QED) is 0.805. The molecule has 0 radical (unpaired) electrons. The lowest BCUT2D eigenvalue weighted by atomic mass is 10.1. The van der Waals surface area contributed by atoms with Crippen molar-refractivity contribution in [2.75, 3.05) is 10.7 Å². The summed E-state index contributed by atoms with van der Waals surface area (Å²) in [5.41, 5.74) is 1.57. The normalized spacial score (nSPS) is 16.8. The van der Waals surface area contributed by atoms with Gasteiger partial charge in [-0.05, 0) is 55.3 Å². The molecular weight excluding hydrogens is 380 g/mol. The molecule has 1 aliphatic heterocycles. The average molecular weight is 397 g/mol. The van der Waals surface area contributed by atoms with Gasteiger partial charge >= 0.3 is 0 Å². The van der Waals surface area contributed by atoms with E-state index in [9.17, 15) is 13.2 Å². The van der Waals surface area contributed by atoms with Crippen LogP contribution in [0.2, 0.25) is 5.02 Å². The number of halogens is 1. The fourth-order valence-electron chi connectivity index (χ4n) is 2.94. The van der Waals surface area contributed by atoms with E-state index in [0.717, 1.165) is 16.1 Å². The molecule has 0 saturated carbocycles. The maximum Gasteiger partial charge on any atom is 0.238 e. The lowest BCUT2D eigenvalue weighted by Gasteiger charge is -2.22. The van der Waals surface area contributed by atoms with Gasteiger partial charge in [0.2, 0.25) is 15.9 Å². The third kappa shape index (κ3) is 4.00. The van der Waals surface area contributed by atoms with Crippen LogP contribution >= 0.6 is 23.4 Å². The second-order valence-electron chi connectivity index (χ2n) is 5.90. The number of amides is 1. The van der Waals surface area contributed by atoms with Crippen LogP contribution in [0.15, 0.2) is 52.3 Å². The topological polar surface area (TPSA) is 80.5 Å². The summed E-state index contributed by atoms with van der Waals surface area (Å²) in [5, 5.41) is 5.81. The number of carbonyl (C=O) groups is 1. The smallest absolute Gasteiger partial charge is 0.238 e. The molecule has 5 nitrogen and oxygen atoms in total. The molecule has 2 N–H and O–H groups in total. The van der Waals surface area contributed by atoms with E-state index in [0.29, 0.717) is 11.4 Å². The summed E-state index contributed by atoms with van der Waals surface area (Å²) >= 11 is 7.38. The van der Waals surface area contributed by atoms with E-state index in [2.05, 4.69) is 0 Å². The van der Waals surface area contributed by atoms with Crippen molar-refractivity contribution in [3.05, 3.63) is 53.1 Å². The Bertz CT molecular complexity index is 931. The van der Waals surface area contributed by atoms with Crippen LogP contribution in [-0.2, 0) is 21.2 Å². The van der Waals surface area contributed by atoms with Crippen LogP contribution in [0.3, 0.4) is 0 Å². The lowest BCUT2D eigenvalue weighted by molar-refractivity contribution is -0.116. The molecule has 1 aliphatic rings. The highest BCUT2D eigenvalue weighted by Crippen LogP contribution is 2.34. The minimum atomic E-state index is -3.75. The van der Waals surface area contributed by atoms with Gasteiger partial charge in [-0.2, -0.15) is 0 Å². The standard InChI is InChI=1S/C17H17ClN2O3S2/c1-11-7-12-8-15(25(19,22)23)5-6-16(12)20(11)17(21)10-24-14-4-2-3-13(18)9-14/h2-6,8-9,11H,7,10H2,1H3,(H2,19,22,23). The van der Waals surface area contributed by atoms with Crippen LogP contribution in [0.25, 0.3) is 0 Å². The number of carbonyl (C=O) groups excluding carboxylic acids is 1. The zero-order chi connectivity index (χ0) is 18.2. The second kappa shape index (κ2) is 6.99. The van der Waals surface area contributed by atoms with Gasteiger partial charge in [0.15, 0.2) is 0 Å². The molecule has 132 valence electrons. The number of nitrogens with zero attached hydrogens (tertiary/aromatic N) is 1. The van der Waals surface area contributed by atoms with Crippen LogP contribution in [0, 0.1) is 0 Å². The molecule has 8 heteroatoms. The minimum Gasteiger partial charge on any atom is -0.308 e. The average Bonchev–Trinajstić information content (AvgIpc) is 2.87. The SMILES string of the molecule is CC1Cc2cc(S(N)(=O)=O)ccc2N1C(=O)CSc1cccc(Cl)c1. The van der Waals surface area contributed by atoms with Crippen molar-refractivity contribution in [1.82, 2.24) is 0 Å². The number of benzene rings is 2. The molecule has 0 bridgehead atoms. The number of hydrogen-bond donors (Lipinski definition) is 1. The van der Waals surface area contributed by atoms with Gasteiger partial charge in [0.1, 0.15) is 0 Å². The molecule has 25 heavy (non-hydrogen) atoms. The summed E-state index contributed by atoms with van der Waals surface area (Å²) in [5.74, 6) is 0.251. The van der Waals surface area contributed by atoms with Crippen LogP contribution < -0.4 is 10.0 Å². The summed E-state index contributed by atoms with van der Waals surface area (Å²) in [4.78, 5) is 15.4. The first kappa shape index (κ1) is 18.3. The van der Waals surface area contributed by atoms with E-state index in [1.54, 1.807) is 23.1 Å². The maximum atomic E-state index is 12.7. The van der Waals surface area contributed by atoms with Gasteiger partial charge in [-0.1, -0.05) is 17.7 Å².